The third kappa shape index (κ3) is 2.62. The van der Waals surface area contributed by atoms with Crippen LogP contribution in [-0.4, -0.2) is 30.5 Å². The van der Waals surface area contributed by atoms with Crippen molar-refractivity contribution in [3.8, 4) is 0 Å². The van der Waals surface area contributed by atoms with E-state index in [4.69, 9.17) is 0 Å². The van der Waals surface area contributed by atoms with Crippen molar-refractivity contribution in [2.24, 2.45) is 0 Å². The standard InChI is InChI=1S/C8H10N2O3/c1-13-8(12)10-5-7(11)6-3-2-4-9-6/h2-4,9H,5H2,1H3,(H,10,12). The molecule has 0 spiro atoms. The molecule has 0 atom stereocenters. The Labute approximate surface area is 75.1 Å². The van der Waals surface area contributed by atoms with Crippen molar-refractivity contribution in [1.82, 2.24) is 10.3 Å². The highest BCUT2D eigenvalue weighted by Gasteiger charge is 2.07. The molecule has 70 valence electrons. The van der Waals surface area contributed by atoms with Crippen LogP contribution in [0.4, 0.5) is 4.79 Å². The van der Waals surface area contributed by atoms with E-state index in [0.29, 0.717) is 5.69 Å². The van der Waals surface area contributed by atoms with Gasteiger partial charge in [0.2, 0.25) is 0 Å². The lowest BCUT2D eigenvalue weighted by Crippen LogP contribution is -2.29. The number of carbonyl (C=O) groups excluding carboxylic acids is 2. The van der Waals surface area contributed by atoms with Gasteiger partial charge in [0.05, 0.1) is 19.3 Å². The Morgan fingerprint density at radius 1 is 1.62 bits per heavy atom. The second-order valence-electron chi connectivity index (χ2n) is 2.35. The fourth-order valence-electron chi connectivity index (χ4n) is 0.824. The maximum absolute atomic E-state index is 11.2. The zero-order valence-electron chi connectivity index (χ0n) is 7.16. The average molecular weight is 182 g/mol. The topological polar surface area (TPSA) is 71.2 Å². The van der Waals surface area contributed by atoms with E-state index in [1.165, 1.54) is 7.11 Å². The number of methoxy groups -OCH3 is 1. The molecule has 0 fully saturated rings. The van der Waals surface area contributed by atoms with Gasteiger partial charge in [0.15, 0.2) is 5.78 Å². The molecule has 0 saturated heterocycles. The summed E-state index contributed by atoms with van der Waals surface area (Å²) in [5.74, 6) is -0.185. The third-order valence-electron chi connectivity index (χ3n) is 1.48. The van der Waals surface area contributed by atoms with Gasteiger partial charge in [0, 0.05) is 6.20 Å². The van der Waals surface area contributed by atoms with Crippen molar-refractivity contribution in [3.05, 3.63) is 24.0 Å². The third-order valence-corrected chi connectivity index (χ3v) is 1.48. The van der Waals surface area contributed by atoms with E-state index in [2.05, 4.69) is 15.0 Å². The Bertz CT molecular complexity index is 292. The average Bonchev–Trinajstić information content (AvgIpc) is 2.66. The van der Waals surface area contributed by atoms with Crippen molar-refractivity contribution < 1.29 is 14.3 Å². The summed E-state index contributed by atoms with van der Waals surface area (Å²) in [7, 11) is 1.24. The first kappa shape index (κ1) is 9.31. The molecule has 0 aliphatic carbocycles. The Hall–Kier alpha value is -1.78. The predicted octanol–water partition coefficient (Wildman–Crippen LogP) is 0.553. The summed E-state index contributed by atoms with van der Waals surface area (Å²) >= 11 is 0. The van der Waals surface area contributed by atoms with E-state index < -0.39 is 6.09 Å². The number of Topliss-reactive ketones (excluding diaryl/α,β-unsaturated/α-hetero) is 1. The molecule has 0 aromatic carbocycles. The maximum Gasteiger partial charge on any atom is 0.407 e. The number of aromatic nitrogens is 1. The van der Waals surface area contributed by atoms with Crippen LogP contribution in [0.5, 0.6) is 0 Å². The minimum atomic E-state index is -0.611. The molecule has 1 rings (SSSR count). The SMILES string of the molecule is COC(=O)NCC(=O)c1ccc[nH]1. The van der Waals surface area contributed by atoms with Gasteiger partial charge in [-0.15, -0.1) is 0 Å². The molecule has 2 N–H and O–H groups in total. The van der Waals surface area contributed by atoms with Gasteiger partial charge in [0.1, 0.15) is 0 Å². The van der Waals surface area contributed by atoms with Crippen molar-refractivity contribution in [2.75, 3.05) is 13.7 Å². The molecule has 1 aromatic heterocycles. The maximum atomic E-state index is 11.2. The second kappa shape index (κ2) is 4.30. The summed E-state index contributed by atoms with van der Waals surface area (Å²) in [6.07, 6.45) is 1.03. The van der Waals surface area contributed by atoms with Gasteiger partial charge >= 0.3 is 6.09 Å². The lowest BCUT2D eigenvalue weighted by molar-refractivity contribution is 0.0979. The van der Waals surface area contributed by atoms with Crippen molar-refractivity contribution in [3.63, 3.8) is 0 Å². The van der Waals surface area contributed by atoms with E-state index in [0.717, 1.165) is 0 Å². The highest BCUT2D eigenvalue weighted by atomic mass is 16.5. The summed E-state index contributed by atoms with van der Waals surface area (Å²) in [5.41, 5.74) is 0.469. The van der Waals surface area contributed by atoms with Crippen LogP contribution in [0.15, 0.2) is 18.3 Å². The molecule has 13 heavy (non-hydrogen) atoms. The first-order chi connectivity index (χ1) is 6.24. The Morgan fingerprint density at radius 2 is 2.38 bits per heavy atom. The molecule has 0 radical (unpaired) electrons. The molecular weight excluding hydrogens is 172 g/mol. The normalized spacial score (nSPS) is 9.31. The van der Waals surface area contributed by atoms with Gasteiger partial charge < -0.3 is 15.0 Å². The number of hydrogen-bond acceptors (Lipinski definition) is 3. The number of H-pyrrole nitrogens is 1. The van der Waals surface area contributed by atoms with Crippen LogP contribution in [0.25, 0.3) is 0 Å². The van der Waals surface area contributed by atoms with Gasteiger partial charge in [-0.05, 0) is 12.1 Å². The highest BCUT2D eigenvalue weighted by Crippen LogP contribution is 1.94. The lowest BCUT2D eigenvalue weighted by Gasteiger charge is -2.00. The number of amides is 1. The molecule has 0 saturated carbocycles. The van der Waals surface area contributed by atoms with Crippen LogP contribution in [0.3, 0.4) is 0 Å². The van der Waals surface area contributed by atoms with E-state index in [1.807, 2.05) is 0 Å². The van der Waals surface area contributed by atoms with Crippen LogP contribution in [0, 0.1) is 0 Å². The Balaban J connectivity index is 2.39. The second-order valence-corrected chi connectivity index (χ2v) is 2.35. The largest absolute Gasteiger partial charge is 0.453 e. The van der Waals surface area contributed by atoms with Crippen LogP contribution >= 0.6 is 0 Å². The van der Waals surface area contributed by atoms with Crippen molar-refractivity contribution >= 4 is 11.9 Å². The summed E-state index contributed by atoms with van der Waals surface area (Å²) in [5, 5.41) is 2.29. The molecule has 0 unspecified atom stereocenters. The van der Waals surface area contributed by atoms with Gasteiger partial charge in [-0.1, -0.05) is 0 Å². The first-order valence-electron chi connectivity index (χ1n) is 3.72. The monoisotopic (exact) mass is 182 g/mol. The van der Waals surface area contributed by atoms with E-state index in [1.54, 1.807) is 18.3 Å². The quantitative estimate of drug-likeness (QED) is 0.670. The summed E-state index contributed by atoms with van der Waals surface area (Å²) in [6.45, 7) is -0.0623. The number of hydrogen-bond donors (Lipinski definition) is 2. The molecule has 0 bridgehead atoms. The van der Waals surface area contributed by atoms with Gasteiger partial charge in [-0.3, -0.25) is 4.79 Å². The highest BCUT2D eigenvalue weighted by molar-refractivity contribution is 5.97. The van der Waals surface area contributed by atoms with Crippen LogP contribution in [0.2, 0.25) is 0 Å². The number of ketones is 1. The van der Waals surface area contributed by atoms with Crippen molar-refractivity contribution in [2.45, 2.75) is 0 Å². The zero-order chi connectivity index (χ0) is 9.68. The molecule has 1 amide bonds. The number of aromatic amines is 1. The molecular formula is C8H10N2O3. The summed E-state index contributed by atoms with van der Waals surface area (Å²) in [6, 6.07) is 3.35. The van der Waals surface area contributed by atoms with Gasteiger partial charge in [-0.2, -0.15) is 0 Å². The molecule has 5 nitrogen and oxygen atoms in total. The fourth-order valence-corrected chi connectivity index (χ4v) is 0.824. The van der Waals surface area contributed by atoms with Gasteiger partial charge in [0.25, 0.3) is 0 Å². The van der Waals surface area contributed by atoms with E-state index >= 15 is 0 Å². The van der Waals surface area contributed by atoms with Gasteiger partial charge in [-0.25, -0.2) is 4.79 Å². The van der Waals surface area contributed by atoms with Crippen LogP contribution in [-0.2, 0) is 4.74 Å². The predicted molar refractivity (Wildman–Crippen MR) is 45.5 cm³/mol. The first-order valence-corrected chi connectivity index (χ1v) is 3.72. The van der Waals surface area contributed by atoms with Crippen molar-refractivity contribution in [1.29, 1.82) is 0 Å². The van der Waals surface area contributed by atoms with Crippen LogP contribution < -0.4 is 5.32 Å². The minimum absolute atomic E-state index is 0.0623. The minimum Gasteiger partial charge on any atom is -0.453 e. The summed E-state index contributed by atoms with van der Waals surface area (Å²) in [4.78, 5) is 24.6. The number of alkyl carbamates (subject to hydrolysis) is 1. The smallest absolute Gasteiger partial charge is 0.407 e. The number of nitrogens with one attached hydrogen (secondary N) is 2. The fraction of sp³-hybridized carbons (Fsp3) is 0.250. The molecule has 1 heterocycles. The molecule has 0 aliphatic heterocycles. The Morgan fingerprint density at radius 3 is 2.92 bits per heavy atom. The lowest BCUT2D eigenvalue weighted by atomic mass is 10.3. The number of rotatable bonds is 3. The van der Waals surface area contributed by atoms with Crippen LogP contribution in [0.1, 0.15) is 10.5 Å². The zero-order valence-corrected chi connectivity index (χ0v) is 7.16. The molecule has 0 aliphatic rings. The molecule has 1 aromatic rings. The number of ether oxygens (including phenoxy) is 1. The Kier molecular flexibility index (Phi) is 3.08. The number of carbonyl (C=O) groups is 2. The summed E-state index contributed by atoms with van der Waals surface area (Å²) < 4.78 is 4.31. The van der Waals surface area contributed by atoms with E-state index in [9.17, 15) is 9.59 Å². The molecule has 5 heteroatoms. The van der Waals surface area contributed by atoms with E-state index in [-0.39, 0.29) is 12.3 Å².